The van der Waals surface area contributed by atoms with Crippen LogP contribution >= 0.6 is 0 Å². The average Bonchev–Trinajstić information content (AvgIpc) is 3.73. The fourth-order valence-corrected chi connectivity index (χ4v) is 9.87. The molecule has 3 heteroatoms. The van der Waals surface area contributed by atoms with Gasteiger partial charge in [0.2, 0.25) is 0 Å². The lowest BCUT2D eigenvalue weighted by molar-refractivity contribution is 0.488. The zero-order valence-corrected chi connectivity index (χ0v) is 33.3. The Morgan fingerprint density at radius 1 is 0.400 bits per heavy atom. The number of hydrogen-bond donors (Lipinski definition) is 0. The first-order chi connectivity index (χ1) is 29.5. The van der Waals surface area contributed by atoms with Gasteiger partial charge >= 0.3 is 0 Å². The largest absolute Gasteiger partial charge is 0.456 e. The molecule has 0 radical (unpaired) electrons. The van der Waals surface area contributed by atoms with Crippen LogP contribution in [-0.4, -0.2) is 0 Å². The highest BCUT2D eigenvalue weighted by Crippen LogP contribution is 2.56. The van der Waals surface area contributed by atoms with Crippen LogP contribution in [0.4, 0.5) is 17.1 Å². The molecule has 2 heterocycles. The number of anilines is 3. The monoisotopic (exact) mass is 769 g/mol. The van der Waals surface area contributed by atoms with Crippen molar-refractivity contribution in [2.24, 2.45) is 0 Å². The first-order valence-corrected chi connectivity index (χ1v) is 20.7. The summed E-state index contributed by atoms with van der Waals surface area (Å²) in [5.74, 6) is 1.66. The van der Waals surface area contributed by atoms with Crippen molar-refractivity contribution in [1.82, 2.24) is 0 Å². The molecule has 0 saturated carbocycles. The topological polar surface area (TPSA) is 25.6 Å². The van der Waals surface area contributed by atoms with Crippen molar-refractivity contribution < 1.29 is 9.15 Å². The maximum Gasteiger partial charge on any atom is 0.143 e. The molecule has 0 fully saturated rings. The number of nitrogens with zero attached hydrogens (tertiary/aromatic N) is 1. The summed E-state index contributed by atoms with van der Waals surface area (Å²) in [6, 6.07) is 71.8. The standard InChI is InChI=1S/C57H39NO2/c1-57(2)48-24-10-8-17-42(48)43-34-33-39(35-49(43)57)58(38-31-29-37(30-32-38)41-22-12-23-47-44-18-9-11-26-51(44)60-56(41)47)50-25-14-28-53-55(50)46-20-7-6-19-45(46)54-40(21-13-27-52(54)59-53)36-15-4-3-5-16-36/h3-35H,1-2H3. The van der Waals surface area contributed by atoms with Crippen molar-refractivity contribution in [2.75, 3.05) is 4.90 Å². The van der Waals surface area contributed by atoms with Gasteiger partial charge in [0.25, 0.3) is 0 Å². The average molecular weight is 770 g/mol. The van der Waals surface area contributed by atoms with Crippen LogP contribution in [0.25, 0.3) is 77.6 Å². The highest BCUT2D eigenvalue weighted by atomic mass is 16.5. The van der Waals surface area contributed by atoms with Gasteiger partial charge in [0.05, 0.1) is 5.69 Å². The van der Waals surface area contributed by atoms with E-state index < -0.39 is 0 Å². The number of fused-ring (bicyclic) bond motifs is 11. The fraction of sp³-hybridized carbons (Fsp3) is 0.0526. The number of ether oxygens (including phenoxy) is 1. The molecule has 0 atom stereocenters. The predicted octanol–water partition coefficient (Wildman–Crippen LogP) is 16.1. The molecule has 284 valence electrons. The fourth-order valence-electron chi connectivity index (χ4n) is 9.87. The number of para-hydroxylation sites is 2. The number of furan rings is 1. The maximum absolute atomic E-state index is 7.06. The third-order valence-electron chi connectivity index (χ3n) is 12.7. The molecule has 1 aromatic heterocycles. The first kappa shape index (κ1) is 34.4. The van der Waals surface area contributed by atoms with Gasteiger partial charge < -0.3 is 14.1 Å². The maximum atomic E-state index is 7.06. The van der Waals surface area contributed by atoms with Gasteiger partial charge in [0.1, 0.15) is 22.7 Å². The molecule has 1 aliphatic heterocycles. The van der Waals surface area contributed by atoms with Crippen LogP contribution in [0.15, 0.2) is 205 Å². The highest BCUT2D eigenvalue weighted by Gasteiger charge is 2.36. The zero-order chi connectivity index (χ0) is 40.0. The Morgan fingerprint density at radius 2 is 0.983 bits per heavy atom. The summed E-state index contributed by atoms with van der Waals surface area (Å²) in [7, 11) is 0. The molecule has 0 spiro atoms. The lowest BCUT2D eigenvalue weighted by atomic mass is 9.82. The minimum Gasteiger partial charge on any atom is -0.456 e. The van der Waals surface area contributed by atoms with Crippen LogP contribution in [0.2, 0.25) is 0 Å². The van der Waals surface area contributed by atoms with E-state index in [4.69, 9.17) is 9.15 Å². The number of benzene rings is 9. The van der Waals surface area contributed by atoms with Crippen LogP contribution in [0.3, 0.4) is 0 Å². The van der Waals surface area contributed by atoms with Crippen LogP contribution in [0.5, 0.6) is 11.5 Å². The third kappa shape index (κ3) is 5.15. The van der Waals surface area contributed by atoms with Gasteiger partial charge in [-0.2, -0.15) is 0 Å². The first-order valence-electron chi connectivity index (χ1n) is 20.7. The van der Waals surface area contributed by atoms with Crippen molar-refractivity contribution in [3.8, 4) is 67.1 Å². The predicted molar refractivity (Wildman–Crippen MR) is 248 cm³/mol. The van der Waals surface area contributed by atoms with Crippen LogP contribution in [0, 0.1) is 0 Å². The van der Waals surface area contributed by atoms with E-state index in [-0.39, 0.29) is 5.41 Å². The van der Waals surface area contributed by atoms with Gasteiger partial charge in [0, 0.05) is 44.3 Å². The van der Waals surface area contributed by atoms with Crippen molar-refractivity contribution in [1.29, 1.82) is 0 Å². The molecule has 9 aromatic carbocycles. The van der Waals surface area contributed by atoms with Crippen molar-refractivity contribution in [3.63, 3.8) is 0 Å². The van der Waals surface area contributed by atoms with E-state index in [1.807, 2.05) is 12.1 Å². The minimum absolute atomic E-state index is 0.165. The van der Waals surface area contributed by atoms with E-state index >= 15 is 0 Å². The molecule has 0 saturated heterocycles. The Morgan fingerprint density at radius 3 is 1.82 bits per heavy atom. The van der Waals surface area contributed by atoms with E-state index in [9.17, 15) is 0 Å². The van der Waals surface area contributed by atoms with Gasteiger partial charge in [-0.3, -0.25) is 0 Å². The van der Waals surface area contributed by atoms with Crippen molar-refractivity contribution >= 4 is 39.0 Å². The SMILES string of the molecule is CC1(C)c2ccccc2-c2ccc(N(c3ccc(-c4cccc5c4oc4ccccc45)cc3)c3cccc4c3-c3ccccc3-c3c(cccc3-c3ccccc3)O4)cc21. The highest BCUT2D eigenvalue weighted by molar-refractivity contribution is 6.10. The van der Waals surface area contributed by atoms with Crippen LogP contribution < -0.4 is 9.64 Å². The Balaban J connectivity index is 1.07. The molecular formula is C57H39NO2. The van der Waals surface area contributed by atoms with Crippen LogP contribution in [-0.2, 0) is 5.41 Å². The molecule has 0 amide bonds. The molecule has 2 aliphatic rings. The second kappa shape index (κ2) is 13.2. The molecular weight excluding hydrogens is 731 g/mol. The smallest absolute Gasteiger partial charge is 0.143 e. The lowest BCUT2D eigenvalue weighted by Crippen LogP contribution is -2.17. The molecule has 12 rings (SSSR count). The molecule has 60 heavy (non-hydrogen) atoms. The van der Waals surface area contributed by atoms with Crippen molar-refractivity contribution in [2.45, 2.75) is 19.3 Å². The second-order valence-electron chi connectivity index (χ2n) is 16.4. The summed E-state index contributed by atoms with van der Waals surface area (Å²) < 4.78 is 13.6. The summed E-state index contributed by atoms with van der Waals surface area (Å²) in [5.41, 5.74) is 18.9. The molecule has 0 N–H and O–H groups in total. The quantitative estimate of drug-likeness (QED) is 0.174. The number of hydrogen-bond acceptors (Lipinski definition) is 3. The molecule has 0 unspecified atom stereocenters. The summed E-state index contributed by atoms with van der Waals surface area (Å²) in [6.45, 7) is 4.69. The molecule has 10 aromatic rings. The van der Waals surface area contributed by atoms with E-state index in [0.29, 0.717) is 0 Å². The van der Waals surface area contributed by atoms with E-state index in [1.54, 1.807) is 0 Å². The van der Waals surface area contributed by atoms with Gasteiger partial charge in [-0.15, -0.1) is 0 Å². The molecule has 0 bridgehead atoms. The van der Waals surface area contributed by atoms with Gasteiger partial charge in [0.15, 0.2) is 0 Å². The molecule has 3 nitrogen and oxygen atoms in total. The van der Waals surface area contributed by atoms with Gasteiger partial charge in [-0.05, 0) is 98.6 Å². The number of rotatable bonds is 5. The minimum atomic E-state index is -0.165. The van der Waals surface area contributed by atoms with E-state index in [1.165, 1.54) is 22.3 Å². The van der Waals surface area contributed by atoms with Crippen LogP contribution in [0.1, 0.15) is 25.0 Å². The Hall–Kier alpha value is -7.62. The summed E-state index contributed by atoms with van der Waals surface area (Å²) in [5, 5.41) is 2.25. The Kier molecular flexibility index (Phi) is 7.58. The van der Waals surface area contributed by atoms with E-state index in [0.717, 1.165) is 95.0 Å². The van der Waals surface area contributed by atoms with Crippen molar-refractivity contribution in [3.05, 3.63) is 211 Å². The molecule has 1 aliphatic carbocycles. The Bertz CT molecular complexity index is 3320. The summed E-state index contributed by atoms with van der Waals surface area (Å²) in [6.07, 6.45) is 0. The van der Waals surface area contributed by atoms with E-state index in [2.05, 4.69) is 207 Å². The van der Waals surface area contributed by atoms with Gasteiger partial charge in [-0.25, -0.2) is 0 Å². The normalized spacial score (nSPS) is 13.1. The zero-order valence-electron chi connectivity index (χ0n) is 33.3. The summed E-state index contributed by atoms with van der Waals surface area (Å²) in [4.78, 5) is 2.41. The van der Waals surface area contributed by atoms with Gasteiger partial charge in [-0.1, -0.05) is 166 Å². The third-order valence-corrected chi connectivity index (χ3v) is 12.7. The summed E-state index contributed by atoms with van der Waals surface area (Å²) >= 11 is 0. The Labute approximate surface area is 349 Å². The lowest BCUT2D eigenvalue weighted by Gasteiger charge is -2.30. The second-order valence-corrected chi connectivity index (χ2v) is 16.4.